The molecule has 1 atom stereocenters. The molecule has 1 fully saturated rings. The van der Waals surface area contributed by atoms with Crippen molar-refractivity contribution in [1.82, 2.24) is 4.90 Å². The van der Waals surface area contributed by atoms with Crippen LogP contribution in [0.3, 0.4) is 0 Å². The quantitative estimate of drug-likeness (QED) is 0.854. The highest BCUT2D eigenvalue weighted by molar-refractivity contribution is 7.90. The van der Waals surface area contributed by atoms with E-state index < -0.39 is 15.9 Å². The van der Waals surface area contributed by atoms with E-state index in [4.69, 9.17) is 0 Å². The van der Waals surface area contributed by atoms with Crippen molar-refractivity contribution >= 4 is 27.3 Å². The van der Waals surface area contributed by atoms with E-state index in [-0.39, 0.29) is 23.1 Å². The van der Waals surface area contributed by atoms with Crippen LogP contribution in [0.5, 0.6) is 0 Å². The fourth-order valence-electron chi connectivity index (χ4n) is 3.24. The van der Waals surface area contributed by atoms with Crippen LogP contribution in [0.25, 0.3) is 0 Å². The molecule has 0 spiro atoms. The van der Waals surface area contributed by atoms with Crippen LogP contribution >= 0.6 is 0 Å². The third-order valence-corrected chi connectivity index (χ3v) is 5.71. The number of anilines is 1. The van der Waals surface area contributed by atoms with Gasteiger partial charge in [0.25, 0.3) is 0 Å². The monoisotopic (exact) mass is 386 g/mol. The number of likely N-dealkylation sites (tertiary alicyclic amines) is 1. The topological polar surface area (TPSA) is 83.6 Å². The highest BCUT2D eigenvalue weighted by atomic mass is 32.2. The van der Waals surface area contributed by atoms with Gasteiger partial charge in [-0.3, -0.25) is 9.59 Å². The summed E-state index contributed by atoms with van der Waals surface area (Å²) in [6.45, 7) is 0.549. The van der Waals surface area contributed by atoms with Crippen molar-refractivity contribution in [3.8, 4) is 0 Å². The summed E-state index contributed by atoms with van der Waals surface area (Å²) in [7, 11) is -3.35. The first-order valence-electron chi connectivity index (χ1n) is 8.79. The van der Waals surface area contributed by atoms with Gasteiger partial charge in [0.15, 0.2) is 9.84 Å². The Balaban J connectivity index is 1.69. The van der Waals surface area contributed by atoms with E-state index >= 15 is 0 Å². The van der Waals surface area contributed by atoms with Crippen LogP contribution in [-0.2, 0) is 25.8 Å². The van der Waals surface area contributed by atoms with Gasteiger partial charge in [-0.2, -0.15) is 0 Å². The summed E-state index contributed by atoms with van der Waals surface area (Å²) in [5.74, 6) is -0.372. The lowest BCUT2D eigenvalue weighted by molar-refractivity contribution is -0.136. The fourth-order valence-corrected chi connectivity index (χ4v) is 3.91. The second kappa shape index (κ2) is 7.92. The lowest BCUT2D eigenvalue weighted by Gasteiger charge is -2.24. The van der Waals surface area contributed by atoms with Crippen molar-refractivity contribution < 1.29 is 18.0 Å². The number of hydrogen-bond acceptors (Lipinski definition) is 4. The zero-order valence-corrected chi connectivity index (χ0v) is 15.9. The van der Waals surface area contributed by atoms with Gasteiger partial charge in [0.1, 0.15) is 6.04 Å². The van der Waals surface area contributed by atoms with E-state index in [0.29, 0.717) is 18.7 Å². The summed E-state index contributed by atoms with van der Waals surface area (Å²) in [6, 6.07) is 15.0. The van der Waals surface area contributed by atoms with Crippen LogP contribution in [0.4, 0.5) is 5.69 Å². The SMILES string of the molecule is CS(=O)(=O)c1cccc(NC(=O)C2CCCN2C(=O)Cc2ccccc2)c1. The summed E-state index contributed by atoms with van der Waals surface area (Å²) < 4.78 is 23.4. The molecule has 0 saturated carbocycles. The average molecular weight is 386 g/mol. The summed E-state index contributed by atoms with van der Waals surface area (Å²) in [5.41, 5.74) is 1.32. The van der Waals surface area contributed by atoms with Crippen LogP contribution < -0.4 is 5.32 Å². The molecule has 1 aliphatic heterocycles. The first-order chi connectivity index (χ1) is 12.8. The first kappa shape index (κ1) is 19.1. The van der Waals surface area contributed by atoms with Gasteiger partial charge in [0, 0.05) is 18.5 Å². The second-order valence-corrected chi connectivity index (χ2v) is 8.71. The van der Waals surface area contributed by atoms with Crippen LogP contribution in [0.15, 0.2) is 59.5 Å². The molecule has 0 bridgehead atoms. The summed E-state index contributed by atoms with van der Waals surface area (Å²) in [5, 5.41) is 2.75. The Morgan fingerprint density at radius 2 is 1.85 bits per heavy atom. The van der Waals surface area contributed by atoms with Gasteiger partial charge in [0.05, 0.1) is 11.3 Å². The Morgan fingerprint density at radius 1 is 1.11 bits per heavy atom. The molecule has 1 N–H and O–H groups in total. The van der Waals surface area contributed by atoms with E-state index in [1.165, 1.54) is 12.1 Å². The zero-order valence-electron chi connectivity index (χ0n) is 15.1. The molecule has 1 heterocycles. The number of carbonyl (C=O) groups is 2. The van der Waals surface area contributed by atoms with Crippen molar-refractivity contribution in [3.05, 3.63) is 60.2 Å². The predicted octanol–water partition coefficient (Wildman–Crippen LogP) is 2.26. The van der Waals surface area contributed by atoms with Crippen molar-refractivity contribution in [2.24, 2.45) is 0 Å². The molecule has 1 aliphatic rings. The van der Waals surface area contributed by atoms with Gasteiger partial charge in [-0.15, -0.1) is 0 Å². The second-order valence-electron chi connectivity index (χ2n) is 6.70. The minimum absolute atomic E-state index is 0.0799. The van der Waals surface area contributed by atoms with Crippen LogP contribution in [0, 0.1) is 0 Å². The number of rotatable bonds is 5. The molecule has 2 aromatic carbocycles. The van der Waals surface area contributed by atoms with E-state index in [9.17, 15) is 18.0 Å². The normalized spacial score (nSPS) is 16.9. The number of benzene rings is 2. The van der Waals surface area contributed by atoms with Gasteiger partial charge in [-0.05, 0) is 36.6 Å². The van der Waals surface area contributed by atoms with Crippen molar-refractivity contribution in [2.75, 3.05) is 18.1 Å². The molecule has 7 heteroatoms. The molecule has 0 aliphatic carbocycles. The number of nitrogens with zero attached hydrogens (tertiary/aromatic N) is 1. The van der Waals surface area contributed by atoms with Crippen LogP contribution in [0.2, 0.25) is 0 Å². The molecule has 6 nitrogen and oxygen atoms in total. The van der Waals surface area contributed by atoms with Gasteiger partial charge >= 0.3 is 0 Å². The molecular weight excluding hydrogens is 364 g/mol. The molecule has 2 amide bonds. The maximum Gasteiger partial charge on any atom is 0.247 e. The number of sulfone groups is 1. The number of hydrogen-bond donors (Lipinski definition) is 1. The van der Waals surface area contributed by atoms with E-state index in [1.807, 2.05) is 30.3 Å². The van der Waals surface area contributed by atoms with Gasteiger partial charge in [-0.1, -0.05) is 36.4 Å². The molecular formula is C20H22N2O4S. The minimum atomic E-state index is -3.35. The molecule has 1 unspecified atom stereocenters. The van der Waals surface area contributed by atoms with Gasteiger partial charge < -0.3 is 10.2 Å². The molecule has 2 aromatic rings. The van der Waals surface area contributed by atoms with E-state index in [1.54, 1.807) is 17.0 Å². The summed E-state index contributed by atoms with van der Waals surface area (Å²) in [4.78, 5) is 27.1. The van der Waals surface area contributed by atoms with Crippen molar-refractivity contribution in [1.29, 1.82) is 0 Å². The molecule has 3 rings (SSSR count). The number of carbonyl (C=O) groups excluding carboxylic acids is 2. The van der Waals surface area contributed by atoms with Crippen molar-refractivity contribution in [3.63, 3.8) is 0 Å². The number of amides is 2. The Labute approximate surface area is 159 Å². The van der Waals surface area contributed by atoms with E-state index in [2.05, 4.69) is 5.32 Å². The lowest BCUT2D eigenvalue weighted by atomic mass is 10.1. The molecule has 142 valence electrons. The highest BCUT2D eigenvalue weighted by Gasteiger charge is 2.34. The minimum Gasteiger partial charge on any atom is -0.330 e. The summed E-state index contributed by atoms with van der Waals surface area (Å²) in [6.07, 6.45) is 2.74. The Hall–Kier alpha value is -2.67. The molecule has 0 aromatic heterocycles. The zero-order chi connectivity index (χ0) is 19.4. The fraction of sp³-hybridized carbons (Fsp3) is 0.300. The van der Waals surface area contributed by atoms with Crippen LogP contribution in [-0.4, -0.2) is 44.0 Å². The molecule has 0 radical (unpaired) electrons. The number of nitrogens with one attached hydrogen (secondary N) is 1. The predicted molar refractivity (Wildman–Crippen MR) is 103 cm³/mol. The maximum absolute atomic E-state index is 12.7. The largest absolute Gasteiger partial charge is 0.330 e. The lowest BCUT2D eigenvalue weighted by Crippen LogP contribution is -2.43. The molecule has 27 heavy (non-hydrogen) atoms. The third-order valence-electron chi connectivity index (χ3n) is 4.60. The Bertz CT molecular complexity index is 941. The van der Waals surface area contributed by atoms with E-state index in [0.717, 1.165) is 18.2 Å². The Morgan fingerprint density at radius 3 is 2.56 bits per heavy atom. The smallest absolute Gasteiger partial charge is 0.247 e. The summed E-state index contributed by atoms with van der Waals surface area (Å²) >= 11 is 0. The standard InChI is InChI=1S/C20H22N2O4S/c1-27(25,26)17-10-5-9-16(14-17)21-20(24)18-11-6-12-22(18)19(23)13-15-7-3-2-4-8-15/h2-5,7-10,14,18H,6,11-13H2,1H3,(H,21,24). The average Bonchev–Trinajstić information content (AvgIpc) is 3.12. The molecule has 1 saturated heterocycles. The van der Waals surface area contributed by atoms with Gasteiger partial charge in [0.2, 0.25) is 11.8 Å². The first-order valence-corrected chi connectivity index (χ1v) is 10.7. The third kappa shape index (κ3) is 4.74. The Kier molecular flexibility index (Phi) is 5.60. The highest BCUT2D eigenvalue weighted by Crippen LogP contribution is 2.22. The van der Waals surface area contributed by atoms with Gasteiger partial charge in [-0.25, -0.2) is 8.42 Å². The maximum atomic E-state index is 12.7. The van der Waals surface area contributed by atoms with Crippen LogP contribution in [0.1, 0.15) is 18.4 Å². The van der Waals surface area contributed by atoms with Crippen molar-refractivity contribution in [2.45, 2.75) is 30.2 Å².